The zero-order chi connectivity index (χ0) is 14.1. The molecular weight excluding hydrogens is 296 g/mol. The quantitative estimate of drug-likeness (QED) is 0.760. The van der Waals surface area contributed by atoms with Gasteiger partial charge in [-0.1, -0.05) is 37.3 Å². The molecule has 0 aliphatic rings. The van der Waals surface area contributed by atoms with Crippen LogP contribution < -0.4 is 10.6 Å². The van der Waals surface area contributed by atoms with E-state index in [1.807, 2.05) is 44.3 Å². The summed E-state index contributed by atoms with van der Waals surface area (Å²) in [7, 11) is 0.883. The van der Waals surface area contributed by atoms with Crippen molar-refractivity contribution in [3.63, 3.8) is 0 Å². The Morgan fingerprint density at radius 1 is 1.30 bits per heavy atom. The summed E-state index contributed by atoms with van der Waals surface area (Å²) < 4.78 is 11.8. The molecule has 0 aliphatic carbocycles. The van der Waals surface area contributed by atoms with E-state index in [1.54, 1.807) is 0 Å². The molecule has 0 heterocycles. The topological polar surface area (TPSA) is 58.2 Å². The SMILES string of the molecule is CNCC(C)C(=O)NCCS(=O)Cc1ccccc1.Cl. The molecule has 1 amide bonds. The predicted octanol–water partition coefficient (Wildman–Crippen LogP) is 1.33. The van der Waals surface area contributed by atoms with Crippen LogP contribution in [0.3, 0.4) is 0 Å². The maximum absolute atomic E-state index is 11.8. The van der Waals surface area contributed by atoms with E-state index in [0.717, 1.165) is 5.56 Å². The summed E-state index contributed by atoms with van der Waals surface area (Å²) in [6.07, 6.45) is 0. The molecule has 0 saturated carbocycles. The second-order valence-corrected chi connectivity index (χ2v) is 6.10. The summed E-state index contributed by atoms with van der Waals surface area (Å²) in [6, 6.07) is 9.74. The molecular formula is C14H23ClN2O2S. The fraction of sp³-hybridized carbons (Fsp3) is 0.500. The van der Waals surface area contributed by atoms with E-state index in [9.17, 15) is 9.00 Å². The Morgan fingerprint density at radius 2 is 1.95 bits per heavy atom. The van der Waals surface area contributed by atoms with E-state index in [1.165, 1.54) is 0 Å². The van der Waals surface area contributed by atoms with Gasteiger partial charge in [0.2, 0.25) is 5.91 Å². The average Bonchev–Trinajstić information content (AvgIpc) is 2.40. The molecule has 0 radical (unpaired) electrons. The van der Waals surface area contributed by atoms with Gasteiger partial charge in [0.05, 0.1) is 0 Å². The van der Waals surface area contributed by atoms with Crippen LogP contribution in [-0.4, -0.2) is 36.0 Å². The zero-order valence-corrected chi connectivity index (χ0v) is 13.6. The average molecular weight is 319 g/mol. The van der Waals surface area contributed by atoms with Crippen LogP contribution in [0.2, 0.25) is 0 Å². The third-order valence-corrected chi connectivity index (χ3v) is 4.07. The normalized spacial score (nSPS) is 13.1. The fourth-order valence-electron chi connectivity index (χ4n) is 1.69. The lowest BCUT2D eigenvalue weighted by Gasteiger charge is -2.11. The highest BCUT2D eigenvalue weighted by molar-refractivity contribution is 7.84. The van der Waals surface area contributed by atoms with Crippen molar-refractivity contribution >= 4 is 29.1 Å². The first-order chi connectivity index (χ1) is 9.13. The molecule has 2 N–H and O–H groups in total. The predicted molar refractivity (Wildman–Crippen MR) is 86.5 cm³/mol. The van der Waals surface area contributed by atoms with Crippen LogP contribution in [0, 0.1) is 5.92 Å². The van der Waals surface area contributed by atoms with Crippen molar-refractivity contribution in [3.05, 3.63) is 35.9 Å². The van der Waals surface area contributed by atoms with Crippen molar-refractivity contribution in [1.29, 1.82) is 0 Å². The molecule has 2 unspecified atom stereocenters. The number of carbonyl (C=O) groups excluding carboxylic acids is 1. The molecule has 1 aromatic rings. The highest BCUT2D eigenvalue weighted by Gasteiger charge is 2.11. The van der Waals surface area contributed by atoms with Gasteiger partial charge in [0.15, 0.2) is 0 Å². The number of carbonyl (C=O) groups is 1. The Bertz CT molecular complexity index is 415. The van der Waals surface area contributed by atoms with Crippen LogP contribution in [0.25, 0.3) is 0 Å². The molecule has 0 aliphatic heterocycles. The van der Waals surface area contributed by atoms with E-state index < -0.39 is 10.8 Å². The third kappa shape index (κ3) is 7.62. The largest absolute Gasteiger partial charge is 0.355 e. The Morgan fingerprint density at radius 3 is 2.55 bits per heavy atom. The first-order valence-corrected chi connectivity index (χ1v) is 7.93. The van der Waals surface area contributed by atoms with E-state index >= 15 is 0 Å². The first kappa shape index (κ1) is 19.1. The molecule has 0 aromatic heterocycles. The van der Waals surface area contributed by atoms with Gasteiger partial charge in [-0.25, -0.2) is 0 Å². The Balaban J connectivity index is 0.00000361. The van der Waals surface area contributed by atoms with Gasteiger partial charge in [0.25, 0.3) is 0 Å². The maximum Gasteiger partial charge on any atom is 0.224 e. The molecule has 2 atom stereocenters. The Kier molecular flexibility index (Phi) is 10.3. The molecule has 6 heteroatoms. The number of benzene rings is 1. The second kappa shape index (κ2) is 10.8. The van der Waals surface area contributed by atoms with Crippen molar-refractivity contribution in [2.75, 3.05) is 25.9 Å². The smallest absolute Gasteiger partial charge is 0.224 e. The number of nitrogens with one attached hydrogen (secondary N) is 2. The monoisotopic (exact) mass is 318 g/mol. The molecule has 0 spiro atoms. The van der Waals surface area contributed by atoms with E-state index in [2.05, 4.69) is 10.6 Å². The van der Waals surface area contributed by atoms with E-state index in [-0.39, 0.29) is 24.2 Å². The van der Waals surface area contributed by atoms with E-state index in [4.69, 9.17) is 0 Å². The van der Waals surface area contributed by atoms with Gasteiger partial charge in [-0.15, -0.1) is 12.4 Å². The van der Waals surface area contributed by atoms with Gasteiger partial charge in [-0.05, 0) is 12.6 Å². The molecule has 0 saturated heterocycles. The molecule has 114 valence electrons. The van der Waals surface area contributed by atoms with Gasteiger partial charge in [-0.2, -0.15) is 0 Å². The van der Waals surface area contributed by atoms with Crippen LogP contribution in [0.1, 0.15) is 12.5 Å². The van der Waals surface area contributed by atoms with Gasteiger partial charge in [-0.3, -0.25) is 9.00 Å². The standard InChI is InChI=1S/C14H22N2O2S.ClH/c1-12(10-15-2)14(17)16-8-9-19(18)11-13-6-4-3-5-7-13;/h3-7,12,15H,8-11H2,1-2H3,(H,16,17);1H. The lowest BCUT2D eigenvalue weighted by molar-refractivity contribution is -0.124. The number of hydrogen-bond acceptors (Lipinski definition) is 3. The minimum atomic E-state index is -0.935. The van der Waals surface area contributed by atoms with Crippen molar-refractivity contribution in [1.82, 2.24) is 10.6 Å². The third-order valence-electron chi connectivity index (χ3n) is 2.76. The minimum absolute atomic E-state index is 0. The fourth-order valence-corrected chi connectivity index (χ4v) is 2.73. The summed E-state index contributed by atoms with van der Waals surface area (Å²) in [6.45, 7) is 2.98. The van der Waals surface area contributed by atoms with Gasteiger partial charge in [0, 0.05) is 41.3 Å². The molecule has 0 fully saturated rings. The summed E-state index contributed by atoms with van der Waals surface area (Å²) in [5.74, 6) is 0.981. The molecule has 20 heavy (non-hydrogen) atoms. The number of rotatable bonds is 8. The summed E-state index contributed by atoms with van der Waals surface area (Å²) in [4.78, 5) is 11.6. The van der Waals surface area contributed by atoms with Gasteiger partial charge in [0.1, 0.15) is 0 Å². The van der Waals surface area contributed by atoms with Crippen LogP contribution in [0.4, 0.5) is 0 Å². The lowest BCUT2D eigenvalue weighted by atomic mass is 10.1. The van der Waals surface area contributed by atoms with Crippen LogP contribution >= 0.6 is 12.4 Å². The van der Waals surface area contributed by atoms with Crippen LogP contribution in [0.5, 0.6) is 0 Å². The molecule has 4 nitrogen and oxygen atoms in total. The minimum Gasteiger partial charge on any atom is -0.355 e. The van der Waals surface area contributed by atoms with Crippen molar-refractivity contribution in [2.45, 2.75) is 12.7 Å². The molecule has 1 rings (SSSR count). The summed E-state index contributed by atoms with van der Waals surface area (Å²) >= 11 is 0. The molecule has 1 aromatic carbocycles. The molecule has 0 bridgehead atoms. The van der Waals surface area contributed by atoms with E-state index in [0.29, 0.717) is 24.6 Å². The van der Waals surface area contributed by atoms with Crippen LogP contribution in [-0.2, 0) is 21.3 Å². The number of hydrogen-bond donors (Lipinski definition) is 2. The Hall–Kier alpha value is -0.910. The van der Waals surface area contributed by atoms with Gasteiger partial charge < -0.3 is 10.6 Å². The zero-order valence-electron chi connectivity index (χ0n) is 11.9. The number of amides is 1. The van der Waals surface area contributed by atoms with Crippen molar-refractivity contribution < 1.29 is 9.00 Å². The van der Waals surface area contributed by atoms with Crippen molar-refractivity contribution in [3.8, 4) is 0 Å². The second-order valence-electron chi connectivity index (χ2n) is 4.52. The summed E-state index contributed by atoms with van der Waals surface area (Å²) in [5, 5.41) is 5.77. The Labute approximate surface area is 129 Å². The van der Waals surface area contributed by atoms with Crippen LogP contribution in [0.15, 0.2) is 30.3 Å². The first-order valence-electron chi connectivity index (χ1n) is 6.44. The highest BCUT2D eigenvalue weighted by Crippen LogP contribution is 2.02. The van der Waals surface area contributed by atoms with Gasteiger partial charge >= 0.3 is 0 Å². The number of halogens is 1. The highest BCUT2D eigenvalue weighted by atomic mass is 35.5. The lowest BCUT2D eigenvalue weighted by Crippen LogP contribution is -2.36. The summed E-state index contributed by atoms with van der Waals surface area (Å²) in [5.41, 5.74) is 1.07. The maximum atomic E-state index is 11.8. The van der Waals surface area contributed by atoms with Crippen molar-refractivity contribution in [2.24, 2.45) is 5.92 Å².